The van der Waals surface area contributed by atoms with Crippen molar-refractivity contribution in [2.75, 3.05) is 12.4 Å². The second kappa shape index (κ2) is 5.09. The van der Waals surface area contributed by atoms with Gasteiger partial charge in [0.2, 0.25) is 0 Å². The molecule has 0 atom stereocenters. The second-order valence-electron chi connectivity index (χ2n) is 8.95. The Hall–Kier alpha value is -0.980. The molecule has 0 aliphatic carbocycles. The Morgan fingerprint density at radius 1 is 0.650 bits per heavy atom. The van der Waals surface area contributed by atoms with Crippen molar-refractivity contribution < 1.29 is 0 Å². The number of rotatable bonds is 1. The van der Waals surface area contributed by atoms with Crippen LogP contribution in [0, 0.1) is 0 Å². The minimum absolute atomic E-state index is 0.138. The lowest BCUT2D eigenvalue weighted by atomic mass is 9.74. The van der Waals surface area contributed by atoms with Crippen molar-refractivity contribution in [1.82, 2.24) is 0 Å². The van der Waals surface area contributed by atoms with E-state index in [9.17, 15) is 0 Å². The molecular formula is C19H33N. The Labute approximate surface area is 126 Å². The third-order valence-corrected chi connectivity index (χ3v) is 3.87. The minimum atomic E-state index is 0.138. The van der Waals surface area contributed by atoms with Crippen molar-refractivity contribution in [3.05, 3.63) is 28.8 Å². The van der Waals surface area contributed by atoms with Gasteiger partial charge in [0.1, 0.15) is 0 Å². The van der Waals surface area contributed by atoms with Gasteiger partial charge in [0.15, 0.2) is 0 Å². The van der Waals surface area contributed by atoms with E-state index in [0.29, 0.717) is 0 Å². The standard InChI is InChI=1S/C19H33N/c1-17(2,3)13-11-14(18(4,5)6)16(20-10)15(12-13)19(7,8)9/h11-12,20H,1-10H3. The van der Waals surface area contributed by atoms with Gasteiger partial charge in [0.05, 0.1) is 0 Å². The fourth-order valence-corrected chi connectivity index (χ4v) is 2.53. The summed E-state index contributed by atoms with van der Waals surface area (Å²) in [7, 11) is 2.04. The number of hydrogen-bond acceptors (Lipinski definition) is 1. The molecule has 1 rings (SSSR count). The highest BCUT2D eigenvalue weighted by Crippen LogP contribution is 2.41. The van der Waals surface area contributed by atoms with E-state index in [1.807, 2.05) is 7.05 Å². The molecule has 0 aliphatic heterocycles. The largest absolute Gasteiger partial charge is 0.388 e. The zero-order chi connectivity index (χ0) is 15.9. The van der Waals surface area contributed by atoms with Gasteiger partial charge >= 0.3 is 0 Å². The Balaban J connectivity index is 3.75. The maximum atomic E-state index is 3.46. The highest BCUT2D eigenvalue weighted by molar-refractivity contribution is 5.64. The number of benzene rings is 1. The Morgan fingerprint density at radius 2 is 1.00 bits per heavy atom. The smallest absolute Gasteiger partial charge is 0.0413 e. The van der Waals surface area contributed by atoms with Crippen LogP contribution in [0.5, 0.6) is 0 Å². The molecule has 1 heteroatoms. The molecule has 114 valence electrons. The SMILES string of the molecule is CNc1c(C(C)(C)C)cc(C(C)(C)C)cc1C(C)(C)C. The molecule has 1 aromatic carbocycles. The maximum Gasteiger partial charge on any atom is 0.0413 e. The second-order valence-corrected chi connectivity index (χ2v) is 8.95. The summed E-state index contributed by atoms with van der Waals surface area (Å²) in [6, 6.07) is 4.78. The zero-order valence-corrected chi connectivity index (χ0v) is 15.2. The first-order valence-electron chi connectivity index (χ1n) is 7.65. The fraction of sp³-hybridized carbons (Fsp3) is 0.684. The molecule has 0 amide bonds. The predicted molar refractivity (Wildman–Crippen MR) is 92.1 cm³/mol. The number of hydrogen-bond donors (Lipinski definition) is 1. The lowest BCUT2D eigenvalue weighted by molar-refractivity contribution is 0.551. The van der Waals surface area contributed by atoms with Crippen LogP contribution in [0.15, 0.2) is 12.1 Å². The zero-order valence-electron chi connectivity index (χ0n) is 15.2. The van der Waals surface area contributed by atoms with Crippen LogP contribution >= 0.6 is 0 Å². The molecule has 1 aromatic rings. The van der Waals surface area contributed by atoms with Crippen LogP contribution in [0.25, 0.3) is 0 Å². The summed E-state index contributed by atoms with van der Waals surface area (Å²) in [4.78, 5) is 0. The van der Waals surface area contributed by atoms with Crippen molar-refractivity contribution in [2.24, 2.45) is 0 Å². The van der Waals surface area contributed by atoms with Gasteiger partial charge in [-0.3, -0.25) is 0 Å². The van der Waals surface area contributed by atoms with Gasteiger partial charge in [0.25, 0.3) is 0 Å². The summed E-state index contributed by atoms with van der Waals surface area (Å²) < 4.78 is 0. The molecule has 0 unspecified atom stereocenters. The summed E-state index contributed by atoms with van der Waals surface area (Å²) in [6.07, 6.45) is 0. The lowest BCUT2D eigenvalue weighted by Crippen LogP contribution is -2.23. The molecule has 0 fully saturated rings. The maximum absolute atomic E-state index is 3.46. The molecule has 0 bridgehead atoms. The van der Waals surface area contributed by atoms with Gasteiger partial charge in [-0.2, -0.15) is 0 Å². The molecule has 0 heterocycles. The van der Waals surface area contributed by atoms with E-state index in [1.165, 1.54) is 22.4 Å². The molecule has 1 N–H and O–H groups in total. The van der Waals surface area contributed by atoms with Gasteiger partial charge in [-0.1, -0.05) is 74.4 Å². The third kappa shape index (κ3) is 3.56. The van der Waals surface area contributed by atoms with Crippen molar-refractivity contribution in [3.63, 3.8) is 0 Å². The van der Waals surface area contributed by atoms with Crippen LogP contribution in [-0.4, -0.2) is 7.05 Å². The van der Waals surface area contributed by atoms with E-state index in [1.54, 1.807) is 0 Å². The molecule has 0 aliphatic rings. The molecule has 0 spiro atoms. The van der Waals surface area contributed by atoms with Crippen molar-refractivity contribution in [1.29, 1.82) is 0 Å². The summed E-state index contributed by atoms with van der Waals surface area (Å²) in [5.41, 5.74) is 6.00. The van der Waals surface area contributed by atoms with Crippen LogP contribution in [0.3, 0.4) is 0 Å². The van der Waals surface area contributed by atoms with E-state index < -0.39 is 0 Å². The van der Waals surface area contributed by atoms with E-state index in [4.69, 9.17) is 0 Å². The Bertz CT molecular complexity index is 441. The first kappa shape index (κ1) is 17.1. The molecule has 0 saturated heterocycles. The predicted octanol–water partition coefficient (Wildman–Crippen LogP) is 5.62. The van der Waals surface area contributed by atoms with Gasteiger partial charge in [-0.15, -0.1) is 0 Å². The van der Waals surface area contributed by atoms with Crippen LogP contribution < -0.4 is 5.32 Å². The van der Waals surface area contributed by atoms with E-state index in [2.05, 4.69) is 79.8 Å². The molecular weight excluding hydrogens is 242 g/mol. The van der Waals surface area contributed by atoms with Gasteiger partial charge in [-0.05, 0) is 32.9 Å². The highest BCUT2D eigenvalue weighted by atomic mass is 14.8. The molecule has 0 saturated carbocycles. The van der Waals surface area contributed by atoms with E-state index in [-0.39, 0.29) is 16.2 Å². The third-order valence-electron chi connectivity index (χ3n) is 3.87. The van der Waals surface area contributed by atoms with Crippen molar-refractivity contribution >= 4 is 5.69 Å². The molecule has 20 heavy (non-hydrogen) atoms. The number of nitrogens with one attached hydrogen (secondary N) is 1. The van der Waals surface area contributed by atoms with Gasteiger partial charge in [-0.25, -0.2) is 0 Å². The minimum Gasteiger partial charge on any atom is -0.388 e. The summed E-state index contributed by atoms with van der Waals surface area (Å²) in [6.45, 7) is 20.6. The van der Waals surface area contributed by atoms with Crippen LogP contribution in [-0.2, 0) is 16.2 Å². The fourth-order valence-electron chi connectivity index (χ4n) is 2.53. The first-order chi connectivity index (χ1) is 8.78. The molecule has 0 radical (unpaired) electrons. The van der Waals surface area contributed by atoms with Crippen molar-refractivity contribution in [2.45, 2.75) is 78.6 Å². The Morgan fingerprint density at radius 3 is 1.20 bits per heavy atom. The molecule has 1 nitrogen and oxygen atoms in total. The lowest BCUT2D eigenvalue weighted by Gasteiger charge is -2.33. The summed E-state index contributed by atoms with van der Waals surface area (Å²) >= 11 is 0. The monoisotopic (exact) mass is 275 g/mol. The summed E-state index contributed by atoms with van der Waals surface area (Å²) in [5.74, 6) is 0. The van der Waals surface area contributed by atoms with Crippen molar-refractivity contribution in [3.8, 4) is 0 Å². The number of anilines is 1. The van der Waals surface area contributed by atoms with Crippen LogP contribution in [0.1, 0.15) is 79.0 Å². The Kier molecular flexibility index (Phi) is 4.35. The molecule has 0 aromatic heterocycles. The van der Waals surface area contributed by atoms with Gasteiger partial charge in [0, 0.05) is 12.7 Å². The normalized spacial score (nSPS) is 13.5. The van der Waals surface area contributed by atoms with E-state index >= 15 is 0 Å². The summed E-state index contributed by atoms with van der Waals surface area (Å²) in [5, 5.41) is 3.46. The highest BCUT2D eigenvalue weighted by Gasteiger charge is 2.28. The topological polar surface area (TPSA) is 12.0 Å². The van der Waals surface area contributed by atoms with Crippen LogP contribution in [0.2, 0.25) is 0 Å². The van der Waals surface area contributed by atoms with Gasteiger partial charge < -0.3 is 5.32 Å². The van der Waals surface area contributed by atoms with Crippen LogP contribution in [0.4, 0.5) is 5.69 Å². The van der Waals surface area contributed by atoms with E-state index in [0.717, 1.165) is 0 Å². The average Bonchev–Trinajstić information content (AvgIpc) is 2.23. The quantitative estimate of drug-likeness (QED) is 0.701. The first-order valence-corrected chi connectivity index (χ1v) is 7.65. The average molecular weight is 275 g/mol.